The number of benzene rings is 2. The molecule has 136 valence electrons. The van der Waals surface area contributed by atoms with E-state index in [0.29, 0.717) is 17.8 Å². The standard InChI is InChI=1S/C21H24N2O3/c1-15(2)26-21(25)17-7-9-19(10-8-17)22-20(24)14-23-12-11-16-5-3-4-6-18(16)13-23/h3-10,15H,11-14H2,1-2H3,(H,22,24). The first kappa shape index (κ1) is 18.1. The molecule has 0 bridgehead atoms. The van der Waals surface area contributed by atoms with Gasteiger partial charge in [-0.25, -0.2) is 4.79 Å². The third-order valence-electron chi connectivity index (χ3n) is 4.32. The second-order valence-electron chi connectivity index (χ2n) is 6.81. The van der Waals surface area contributed by atoms with Gasteiger partial charge < -0.3 is 10.1 Å². The Bertz CT molecular complexity index is 784. The van der Waals surface area contributed by atoms with Crippen LogP contribution in [-0.4, -0.2) is 36.0 Å². The topological polar surface area (TPSA) is 58.6 Å². The lowest BCUT2D eigenvalue weighted by Gasteiger charge is -2.28. The largest absolute Gasteiger partial charge is 0.459 e. The highest BCUT2D eigenvalue weighted by Crippen LogP contribution is 2.18. The molecule has 5 heteroatoms. The zero-order chi connectivity index (χ0) is 18.5. The molecule has 0 atom stereocenters. The van der Waals surface area contributed by atoms with E-state index in [2.05, 4.69) is 28.4 Å². The van der Waals surface area contributed by atoms with Gasteiger partial charge in [-0.1, -0.05) is 24.3 Å². The van der Waals surface area contributed by atoms with E-state index >= 15 is 0 Å². The molecule has 1 heterocycles. The number of carbonyl (C=O) groups excluding carboxylic acids is 2. The second-order valence-corrected chi connectivity index (χ2v) is 6.81. The number of nitrogens with zero attached hydrogens (tertiary/aromatic N) is 1. The summed E-state index contributed by atoms with van der Waals surface area (Å²) in [5, 5.41) is 2.89. The normalized spacial score (nSPS) is 14.0. The van der Waals surface area contributed by atoms with Crippen LogP contribution in [0, 0.1) is 0 Å². The Morgan fingerprint density at radius 3 is 2.46 bits per heavy atom. The molecular formula is C21H24N2O3. The van der Waals surface area contributed by atoms with Crippen molar-refractivity contribution in [2.75, 3.05) is 18.4 Å². The monoisotopic (exact) mass is 352 g/mol. The number of anilines is 1. The highest BCUT2D eigenvalue weighted by molar-refractivity contribution is 5.94. The Labute approximate surface area is 154 Å². The fourth-order valence-corrected chi connectivity index (χ4v) is 3.06. The first-order chi connectivity index (χ1) is 12.5. The molecule has 0 saturated heterocycles. The second kappa shape index (κ2) is 8.15. The number of ether oxygens (including phenoxy) is 1. The quantitative estimate of drug-likeness (QED) is 0.839. The summed E-state index contributed by atoms with van der Waals surface area (Å²) in [5.74, 6) is -0.410. The van der Waals surface area contributed by atoms with E-state index in [0.717, 1.165) is 19.5 Å². The molecular weight excluding hydrogens is 328 g/mol. The van der Waals surface area contributed by atoms with Gasteiger partial charge in [0.25, 0.3) is 0 Å². The smallest absolute Gasteiger partial charge is 0.338 e. The fourth-order valence-electron chi connectivity index (χ4n) is 3.06. The van der Waals surface area contributed by atoms with Gasteiger partial charge in [-0.05, 0) is 55.7 Å². The number of carbonyl (C=O) groups is 2. The van der Waals surface area contributed by atoms with Crippen LogP contribution in [0.5, 0.6) is 0 Å². The Hall–Kier alpha value is -2.66. The number of rotatable bonds is 5. The van der Waals surface area contributed by atoms with Gasteiger partial charge in [0.2, 0.25) is 5.91 Å². The summed E-state index contributed by atoms with van der Waals surface area (Å²) in [6.45, 7) is 5.65. The summed E-state index contributed by atoms with van der Waals surface area (Å²) in [4.78, 5) is 26.3. The van der Waals surface area contributed by atoms with Crippen molar-refractivity contribution < 1.29 is 14.3 Å². The van der Waals surface area contributed by atoms with Crippen molar-refractivity contribution >= 4 is 17.6 Å². The molecule has 0 aliphatic carbocycles. The minimum absolute atomic E-state index is 0.0538. The summed E-state index contributed by atoms with van der Waals surface area (Å²) in [7, 11) is 0. The van der Waals surface area contributed by atoms with E-state index in [1.807, 2.05) is 19.9 Å². The van der Waals surface area contributed by atoms with Gasteiger partial charge >= 0.3 is 5.97 Å². The van der Waals surface area contributed by atoms with E-state index < -0.39 is 0 Å². The van der Waals surface area contributed by atoms with Crippen molar-refractivity contribution in [2.45, 2.75) is 32.9 Å². The summed E-state index contributed by atoms with van der Waals surface area (Å²) in [6.07, 6.45) is 0.812. The van der Waals surface area contributed by atoms with Crippen LogP contribution in [0.15, 0.2) is 48.5 Å². The molecule has 1 N–H and O–H groups in total. The summed E-state index contributed by atoms with van der Waals surface area (Å²) in [5.41, 5.74) is 3.81. The minimum Gasteiger partial charge on any atom is -0.459 e. The number of nitrogens with one attached hydrogen (secondary N) is 1. The first-order valence-electron chi connectivity index (χ1n) is 8.91. The van der Waals surface area contributed by atoms with Crippen LogP contribution >= 0.6 is 0 Å². The molecule has 0 aromatic heterocycles. The maximum absolute atomic E-state index is 12.3. The minimum atomic E-state index is -0.357. The molecule has 1 aliphatic heterocycles. The summed E-state index contributed by atoms with van der Waals surface area (Å²) < 4.78 is 5.15. The summed E-state index contributed by atoms with van der Waals surface area (Å²) >= 11 is 0. The van der Waals surface area contributed by atoms with E-state index in [4.69, 9.17) is 4.74 Å². The van der Waals surface area contributed by atoms with E-state index in [1.165, 1.54) is 11.1 Å². The van der Waals surface area contributed by atoms with Gasteiger partial charge in [0, 0.05) is 18.8 Å². The van der Waals surface area contributed by atoms with E-state index in [-0.39, 0.29) is 18.0 Å². The van der Waals surface area contributed by atoms with Crippen LogP contribution in [-0.2, 0) is 22.5 Å². The molecule has 0 fully saturated rings. The molecule has 1 amide bonds. The molecule has 0 spiro atoms. The van der Waals surface area contributed by atoms with E-state index in [1.54, 1.807) is 24.3 Å². The number of hydrogen-bond acceptors (Lipinski definition) is 4. The maximum atomic E-state index is 12.3. The zero-order valence-corrected chi connectivity index (χ0v) is 15.2. The zero-order valence-electron chi connectivity index (χ0n) is 15.2. The average molecular weight is 352 g/mol. The van der Waals surface area contributed by atoms with Gasteiger partial charge in [-0.3, -0.25) is 9.69 Å². The highest BCUT2D eigenvalue weighted by Gasteiger charge is 2.18. The summed E-state index contributed by atoms with van der Waals surface area (Å²) in [6, 6.07) is 15.1. The van der Waals surface area contributed by atoms with Gasteiger partial charge in [0.15, 0.2) is 0 Å². The Morgan fingerprint density at radius 1 is 1.08 bits per heavy atom. The predicted molar refractivity (Wildman–Crippen MR) is 101 cm³/mol. The van der Waals surface area contributed by atoms with Crippen molar-refractivity contribution in [3.05, 3.63) is 65.2 Å². The van der Waals surface area contributed by atoms with Crippen LogP contribution in [0.4, 0.5) is 5.69 Å². The van der Waals surface area contributed by atoms with Crippen molar-refractivity contribution in [2.24, 2.45) is 0 Å². The van der Waals surface area contributed by atoms with Gasteiger partial charge in [0.05, 0.1) is 18.2 Å². The van der Waals surface area contributed by atoms with Crippen LogP contribution in [0.3, 0.4) is 0 Å². The molecule has 0 unspecified atom stereocenters. The average Bonchev–Trinajstić information content (AvgIpc) is 2.61. The lowest BCUT2D eigenvalue weighted by atomic mass is 10.00. The highest BCUT2D eigenvalue weighted by atomic mass is 16.5. The first-order valence-corrected chi connectivity index (χ1v) is 8.91. The third-order valence-corrected chi connectivity index (χ3v) is 4.32. The number of esters is 1. The third kappa shape index (κ3) is 4.70. The SMILES string of the molecule is CC(C)OC(=O)c1ccc(NC(=O)CN2CCc3ccccc3C2)cc1. The molecule has 0 saturated carbocycles. The number of fused-ring (bicyclic) bond motifs is 1. The Balaban J connectivity index is 1.53. The fraction of sp³-hybridized carbons (Fsp3) is 0.333. The molecule has 0 radical (unpaired) electrons. The number of amides is 1. The van der Waals surface area contributed by atoms with Crippen LogP contribution in [0.1, 0.15) is 35.3 Å². The van der Waals surface area contributed by atoms with Crippen LogP contribution in [0.25, 0.3) is 0 Å². The predicted octanol–water partition coefficient (Wildman–Crippen LogP) is 3.25. The van der Waals surface area contributed by atoms with Crippen LogP contribution in [0.2, 0.25) is 0 Å². The van der Waals surface area contributed by atoms with Crippen molar-refractivity contribution in [1.82, 2.24) is 4.90 Å². The number of hydrogen-bond donors (Lipinski definition) is 1. The maximum Gasteiger partial charge on any atom is 0.338 e. The van der Waals surface area contributed by atoms with Crippen LogP contribution < -0.4 is 5.32 Å². The molecule has 1 aliphatic rings. The molecule has 5 nitrogen and oxygen atoms in total. The van der Waals surface area contributed by atoms with Gasteiger partial charge in [-0.15, -0.1) is 0 Å². The van der Waals surface area contributed by atoms with Crippen molar-refractivity contribution in [3.63, 3.8) is 0 Å². The van der Waals surface area contributed by atoms with Crippen molar-refractivity contribution in [3.8, 4) is 0 Å². The lowest BCUT2D eigenvalue weighted by molar-refractivity contribution is -0.117. The molecule has 2 aromatic carbocycles. The van der Waals surface area contributed by atoms with Gasteiger partial charge in [0.1, 0.15) is 0 Å². The molecule has 3 rings (SSSR count). The Morgan fingerprint density at radius 2 is 1.77 bits per heavy atom. The Kier molecular flexibility index (Phi) is 5.68. The molecule has 2 aromatic rings. The molecule has 26 heavy (non-hydrogen) atoms. The van der Waals surface area contributed by atoms with Crippen molar-refractivity contribution in [1.29, 1.82) is 0 Å². The van der Waals surface area contributed by atoms with Gasteiger partial charge in [-0.2, -0.15) is 0 Å². The lowest BCUT2D eigenvalue weighted by Crippen LogP contribution is -2.37. The van der Waals surface area contributed by atoms with E-state index in [9.17, 15) is 9.59 Å².